The molecule has 2 heteroatoms. The van der Waals surface area contributed by atoms with Crippen LogP contribution in [0.5, 0.6) is 0 Å². The van der Waals surface area contributed by atoms with E-state index in [-0.39, 0.29) is 5.41 Å². The minimum Gasteiger partial charge on any atom is -0.0639 e. The Labute approximate surface area is 150 Å². The Kier molecular flexibility index (Phi) is 4.83. The zero-order valence-corrected chi connectivity index (χ0v) is 16.2. The molecule has 2 aromatic rings. The van der Waals surface area contributed by atoms with Crippen molar-refractivity contribution in [1.29, 1.82) is 0 Å². The summed E-state index contributed by atoms with van der Waals surface area (Å²) in [6.07, 6.45) is 0. The lowest BCUT2D eigenvalue weighted by molar-refractivity contribution is 0.551. The highest BCUT2D eigenvalue weighted by molar-refractivity contribution is 6.17. The number of rotatable bonds is 3. The van der Waals surface area contributed by atoms with E-state index in [9.17, 15) is 0 Å². The van der Waals surface area contributed by atoms with Gasteiger partial charge in [0.1, 0.15) is 0 Å². The van der Waals surface area contributed by atoms with Gasteiger partial charge < -0.3 is 0 Å². The molecular formula is C22H28B2. The van der Waals surface area contributed by atoms with E-state index in [0.29, 0.717) is 0 Å². The lowest BCUT2D eigenvalue weighted by Gasteiger charge is -2.37. The molecule has 0 N–H and O–H groups in total. The van der Waals surface area contributed by atoms with E-state index in [1.807, 2.05) is 6.07 Å². The van der Waals surface area contributed by atoms with Gasteiger partial charge in [0.05, 0.1) is 15.7 Å². The van der Waals surface area contributed by atoms with Crippen molar-refractivity contribution in [1.82, 2.24) is 0 Å². The second-order valence-corrected chi connectivity index (χ2v) is 9.01. The maximum absolute atomic E-state index is 6.57. The molecule has 4 radical (unpaired) electrons. The van der Waals surface area contributed by atoms with Gasteiger partial charge in [-0.25, -0.2) is 0 Å². The Morgan fingerprint density at radius 2 is 1.04 bits per heavy atom. The molecule has 0 atom stereocenters. The van der Waals surface area contributed by atoms with E-state index in [2.05, 4.69) is 84.9 Å². The lowest BCUT2D eigenvalue weighted by atomic mass is 9.57. The maximum atomic E-state index is 6.57. The molecule has 0 aromatic heterocycles. The van der Waals surface area contributed by atoms with Gasteiger partial charge in [-0.15, -0.1) is 0 Å². The van der Waals surface area contributed by atoms with Crippen molar-refractivity contribution in [3.63, 3.8) is 0 Å². The summed E-state index contributed by atoms with van der Waals surface area (Å²) in [5.41, 5.74) is 5.93. The summed E-state index contributed by atoms with van der Waals surface area (Å²) in [5.74, 6) is 0. The quantitative estimate of drug-likeness (QED) is 0.660. The van der Waals surface area contributed by atoms with Crippen molar-refractivity contribution >= 4 is 15.7 Å². The molecule has 0 nitrogen and oxygen atoms in total. The molecule has 0 amide bonds. The zero-order valence-electron chi connectivity index (χ0n) is 16.2. The van der Waals surface area contributed by atoms with Crippen molar-refractivity contribution in [3.05, 3.63) is 59.2 Å². The van der Waals surface area contributed by atoms with Gasteiger partial charge in [0.25, 0.3) is 0 Å². The average Bonchev–Trinajstić information content (AvgIpc) is 2.44. The van der Waals surface area contributed by atoms with Crippen LogP contribution < -0.4 is 0 Å². The molecule has 0 spiro atoms. The Bertz CT molecular complexity index is 673. The normalized spacial score (nSPS) is 13.1. The second-order valence-electron chi connectivity index (χ2n) is 9.01. The molecule has 0 aliphatic carbocycles. The Hall–Kier alpha value is -1.43. The molecule has 122 valence electrons. The third-order valence-corrected chi connectivity index (χ3v) is 4.38. The molecular weight excluding hydrogens is 286 g/mol. The second kappa shape index (κ2) is 6.13. The fraction of sp³-hybridized carbons (Fsp3) is 0.455. The summed E-state index contributed by atoms with van der Waals surface area (Å²) in [6.45, 7) is 15.0. The monoisotopic (exact) mass is 314 g/mol. The smallest absolute Gasteiger partial charge is 0.0639 e. The van der Waals surface area contributed by atoms with Gasteiger partial charge in [-0.1, -0.05) is 90.9 Å². The first-order valence-corrected chi connectivity index (χ1v) is 8.64. The lowest BCUT2D eigenvalue weighted by Crippen LogP contribution is -2.31. The van der Waals surface area contributed by atoms with Crippen LogP contribution in [-0.4, -0.2) is 15.7 Å². The molecule has 0 fully saturated rings. The summed E-state index contributed by atoms with van der Waals surface area (Å²) in [7, 11) is 13.1. The summed E-state index contributed by atoms with van der Waals surface area (Å²) in [4.78, 5) is 0. The van der Waals surface area contributed by atoms with Gasteiger partial charge >= 0.3 is 0 Å². The SMILES string of the molecule is [B]C(C)(C)c1cc(-c2ccccc2)cc(C([B])(C)C)c1C(C)(C)C. The maximum Gasteiger partial charge on any atom is 0.0803 e. The third kappa shape index (κ3) is 3.97. The first kappa shape index (κ1) is 18.9. The summed E-state index contributed by atoms with van der Waals surface area (Å²) in [5, 5.41) is -0.874. The van der Waals surface area contributed by atoms with E-state index in [1.165, 1.54) is 27.8 Å². The van der Waals surface area contributed by atoms with Gasteiger partial charge in [-0.3, -0.25) is 0 Å². The summed E-state index contributed by atoms with van der Waals surface area (Å²) >= 11 is 0. The molecule has 0 heterocycles. The van der Waals surface area contributed by atoms with Gasteiger partial charge in [0.2, 0.25) is 0 Å². The fourth-order valence-electron chi connectivity index (χ4n) is 3.26. The molecule has 0 bridgehead atoms. The molecule has 24 heavy (non-hydrogen) atoms. The van der Waals surface area contributed by atoms with Gasteiger partial charge in [-0.2, -0.15) is 0 Å². The summed E-state index contributed by atoms with van der Waals surface area (Å²) < 4.78 is 0. The molecule has 0 saturated heterocycles. The fourth-order valence-corrected chi connectivity index (χ4v) is 3.26. The van der Waals surface area contributed by atoms with Gasteiger partial charge in [-0.05, 0) is 43.9 Å². The van der Waals surface area contributed by atoms with Crippen LogP contribution in [-0.2, 0) is 16.0 Å². The Morgan fingerprint density at radius 3 is 1.38 bits per heavy atom. The first-order chi connectivity index (χ1) is 10.8. The van der Waals surface area contributed by atoms with Crippen LogP contribution in [0.3, 0.4) is 0 Å². The van der Waals surface area contributed by atoms with Gasteiger partial charge in [0.15, 0.2) is 0 Å². The largest absolute Gasteiger partial charge is 0.0803 e. The van der Waals surface area contributed by atoms with Crippen molar-refractivity contribution in [2.45, 2.75) is 64.5 Å². The number of benzene rings is 2. The third-order valence-electron chi connectivity index (χ3n) is 4.38. The molecule has 0 aliphatic heterocycles. The predicted octanol–water partition coefficient (Wildman–Crippen LogP) is 5.46. The van der Waals surface area contributed by atoms with Gasteiger partial charge in [0, 0.05) is 0 Å². The van der Waals surface area contributed by atoms with E-state index in [4.69, 9.17) is 15.7 Å². The van der Waals surface area contributed by atoms with Crippen LogP contribution in [0.25, 0.3) is 11.1 Å². The predicted molar refractivity (Wildman–Crippen MR) is 108 cm³/mol. The Balaban J connectivity index is 2.90. The van der Waals surface area contributed by atoms with Crippen molar-refractivity contribution < 1.29 is 0 Å². The minimum absolute atomic E-state index is 0.0346. The minimum atomic E-state index is -0.437. The van der Waals surface area contributed by atoms with E-state index in [0.717, 1.165) is 0 Å². The van der Waals surface area contributed by atoms with Crippen LogP contribution in [0.4, 0.5) is 0 Å². The van der Waals surface area contributed by atoms with E-state index in [1.54, 1.807) is 0 Å². The topological polar surface area (TPSA) is 0 Å². The highest BCUT2D eigenvalue weighted by Gasteiger charge is 2.31. The average molecular weight is 314 g/mol. The molecule has 2 rings (SSSR count). The number of hydrogen-bond donors (Lipinski definition) is 0. The van der Waals surface area contributed by atoms with Crippen molar-refractivity contribution in [2.24, 2.45) is 0 Å². The van der Waals surface area contributed by atoms with Crippen molar-refractivity contribution in [2.75, 3.05) is 0 Å². The first-order valence-electron chi connectivity index (χ1n) is 8.64. The number of hydrogen-bond acceptors (Lipinski definition) is 0. The van der Waals surface area contributed by atoms with Crippen LogP contribution in [0, 0.1) is 0 Å². The van der Waals surface area contributed by atoms with Crippen LogP contribution >= 0.6 is 0 Å². The van der Waals surface area contributed by atoms with Crippen LogP contribution in [0.2, 0.25) is 0 Å². The molecule has 2 aromatic carbocycles. The Morgan fingerprint density at radius 1 is 0.625 bits per heavy atom. The standard InChI is InChI=1S/C22H28B2/c1-20(2,3)19-17(21(4,5)23)13-16(14-18(19)22(6,7)24)15-11-9-8-10-12-15/h8-14H,1-7H3. The zero-order chi connectivity index (χ0) is 18.3. The van der Waals surface area contributed by atoms with E-state index < -0.39 is 10.6 Å². The van der Waals surface area contributed by atoms with E-state index >= 15 is 0 Å². The highest BCUT2D eigenvalue weighted by Crippen LogP contribution is 2.41. The molecule has 0 saturated carbocycles. The highest BCUT2D eigenvalue weighted by atomic mass is 14.3. The molecule has 0 aliphatic rings. The van der Waals surface area contributed by atoms with Crippen LogP contribution in [0.1, 0.15) is 65.2 Å². The molecule has 0 unspecified atom stereocenters. The van der Waals surface area contributed by atoms with Crippen LogP contribution in [0.15, 0.2) is 42.5 Å². The van der Waals surface area contributed by atoms with Crippen molar-refractivity contribution in [3.8, 4) is 11.1 Å². The summed E-state index contributed by atoms with van der Waals surface area (Å²) in [6, 6.07) is 14.9.